The van der Waals surface area contributed by atoms with Crippen molar-refractivity contribution in [1.82, 2.24) is 5.32 Å². The van der Waals surface area contributed by atoms with Gasteiger partial charge in [-0.2, -0.15) is 0 Å². The molecule has 2 nitrogen and oxygen atoms in total. The molecule has 0 fully saturated rings. The highest BCUT2D eigenvalue weighted by molar-refractivity contribution is 6.18. The number of alkyl halides is 1. The monoisotopic (exact) mass is 133 g/mol. The summed E-state index contributed by atoms with van der Waals surface area (Å²) in [5.74, 6) is 0.269. The standard InChI is InChI=1S/C5H8ClNO/c1-2-5(8)7-4-3-6/h2H,1,3-4H2,(H,7,8). The van der Waals surface area contributed by atoms with E-state index in [1.165, 1.54) is 6.08 Å². The van der Waals surface area contributed by atoms with Gasteiger partial charge in [-0.25, -0.2) is 0 Å². The molecule has 0 unspecified atom stereocenters. The van der Waals surface area contributed by atoms with Crippen LogP contribution in [-0.2, 0) is 4.79 Å². The molecule has 0 aromatic heterocycles. The van der Waals surface area contributed by atoms with Crippen molar-refractivity contribution in [2.75, 3.05) is 12.4 Å². The number of halogens is 1. The van der Waals surface area contributed by atoms with Gasteiger partial charge in [-0.05, 0) is 6.08 Å². The van der Waals surface area contributed by atoms with Gasteiger partial charge in [0.05, 0.1) is 0 Å². The second-order valence-electron chi connectivity index (χ2n) is 1.18. The smallest absolute Gasteiger partial charge is 0.243 e. The first-order valence-electron chi connectivity index (χ1n) is 2.27. The SMILES string of the molecule is C=CC(=O)NCCCl. The van der Waals surface area contributed by atoms with Crippen LogP contribution >= 0.6 is 11.6 Å². The minimum absolute atomic E-state index is 0.175. The van der Waals surface area contributed by atoms with Gasteiger partial charge >= 0.3 is 0 Å². The number of rotatable bonds is 3. The van der Waals surface area contributed by atoms with Crippen molar-refractivity contribution < 1.29 is 4.79 Å². The summed E-state index contributed by atoms with van der Waals surface area (Å²) in [6.07, 6.45) is 1.21. The minimum Gasteiger partial charge on any atom is -0.351 e. The molecule has 1 amide bonds. The molecule has 1 N–H and O–H groups in total. The van der Waals surface area contributed by atoms with Crippen molar-refractivity contribution in [2.45, 2.75) is 0 Å². The van der Waals surface area contributed by atoms with E-state index in [2.05, 4.69) is 11.9 Å². The van der Waals surface area contributed by atoms with Gasteiger partial charge in [-0.3, -0.25) is 4.79 Å². The summed E-state index contributed by atoms with van der Waals surface area (Å²) < 4.78 is 0. The molecule has 0 radical (unpaired) electrons. The number of carbonyl (C=O) groups is 1. The number of amides is 1. The first-order valence-corrected chi connectivity index (χ1v) is 2.81. The van der Waals surface area contributed by atoms with Crippen molar-refractivity contribution in [3.63, 3.8) is 0 Å². The zero-order chi connectivity index (χ0) is 6.41. The van der Waals surface area contributed by atoms with Crippen molar-refractivity contribution in [2.24, 2.45) is 0 Å². The van der Waals surface area contributed by atoms with E-state index in [1.807, 2.05) is 0 Å². The molecule has 0 saturated heterocycles. The quantitative estimate of drug-likeness (QED) is 0.442. The summed E-state index contributed by atoms with van der Waals surface area (Å²) in [7, 11) is 0. The zero-order valence-electron chi connectivity index (χ0n) is 4.48. The van der Waals surface area contributed by atoms with Gasteiger partial charge in [-0.1, -0.05) is 6.58 Å². The average Bonchev–Trinajstić information content (AvgIpc) is 1.83. The molecule has 0 bridgehead atoms. The molecule has 8 heavy (non-hydrogen) atoms. The molecule has 0 aliphatic carbocycles. The Morgan fingerprint density at radius 3 is 2.88 bits per heavy atom. The molecule has 0 atom stereocenters. The fourth-order valence-corrected chi connectivity index (χ4v) is 0.337. The highest BCUT2D eigenvalue weighted by Crippen LogP contribution is 1.70. The van der Waals surface area contributed by atoms with Gasteiger partial charge < -0.3 is 5.32 Å². The molecule has 0 aromatic carbocycles. The first kappa shape index (κ1) is 7.50. The Bertz CT molecular complexity index is 92.4. The summed E-state index contributed by atoms with van der Waals surface area (Å²) >= 11 is 5.25. The Balaban J connectivity index is 3.11. The third kappa shape index (κ3) is 3.68. The van der Waals surface area contributed by atoms with E-state index in [9.17, 15) is 4.79 Å². The third-order valence-electron chi connectivity index (χ3n) is 0.579. The Kier molecular flexibility index (Phi) is 4.36. The van der Waals surface area contributed by atoms with Crippen LogP contribution in [0.4, 0.5) is 0 Å². The molecular formula is C5H8ClNO. The molecule has 0 spiro atoms. The van der Waals surface area contributed by atoms with Crippen LogP contribution in [0.2, 0.25) is 0 Å². The number of hydrogen-bond acceptors (Lipinski definition) is 1. The number of carbonyl (C=O) groups excluding carboxylic acids is 1. The van der Waals surface area contributed by atoms with Gasteiger partial charge in [0.25, 0.3) is 0 Å². The van der Waals surface area contributed by atoms with Crippen molar-refractivity contribution in [1.29, 1.82) is 0 Å². The first-order chi connectivity index (χ1) is 3.81. The Labute approximate surface area is 53.5 Å². The highest BCUT2D eigenvalue weighted by Gasteiger charge is 1.87. The van der Waals surface area contributed by atoms with Crippen molar-refractivity contribution >= 4 is 17.5 Å². The van der Waals surface area contributed by atoms with Crippen LogP contribution in [0.25, 0.3) is 0 Å². The highest BCUT2D eigenvalue weighted by atomic mass is 35.5. The lowest BCUT2D eigenvalue weighted by Crippen LogP contribution is -2.22. The van der Waals surface area contributed by atoms with E-state index in [0.29, 0.717) is 12.4 Å². The maximum atomic E-state index is 10.3. The van der Waals surface area contributed by atoms with Gasteiger partial charge in [0.15, 0.2) is 0 Å². The van der Waals surface area contributed by atoms with Crippen LogP contribution in [0.5, 0.6) is 0 Å². The molecule has 0 rings (SSSR count). The fourth-order valence-electron chi connectivity index (χ4n) is 0.243. The summed E-state index contributed by atoms with van der Waals surface area (Å²) in [6, 6.07) is 0. The second-order valence-corrected chi connectivity index (χ2v) is 1.56. The van der Waals surface area contributed by atoms with Crippen molar-refractivity contribution in [3.8, 4) is 0 Å². The lowest BCUT2D eigenvalue weighted by molar-refractivity contribution is -0.116. The van der Waals surface area contributed by atoms with E-state index < -0.39 is 0 Å². The van der Waals surface area contributed by atoms with Gasteiger partial charge in [0, 0.05) is 12.4 Å². The zero-order valence-corrected chi connectivity index (χ0v) is 5.24. The minimum atomic E-state index is -0.175. The van der Waals surface area contributed by atoms with Gasteiger partial charge in [0.1, 0.15) is 0 Å². The Morgan fingerprint density at radius 2 is 2.50 bits per heavy atom. The molecule has 3 heteroatoms. The van der Waals surface area contributed by atoms with Crippen LogP contribution < -0.4 is 5.32 Å². The van der Waals surface area contributed by atoms with Crippen molar-refractivity contribution in [3.05, 3.63) is 12.7 Å². The fraction of sp³-hybridized carbons (Fsp3) is 0.400. The Hall–Kier alpha value is -0.500. The second kappa shape index (κ2) is 4.65. The maximum Gasteiger partial charge on any atom is 0.243 e. The van der Waals surface area contributed by atoms with E-state index in [-0.39, 0.29) is 5.91 Å². The summed E-state index contributed by atoms with van der Waals surface area (Å²) in [5.41, 5.74) is 0. The summed E-state index contributed by atoms with van der Waals surface area (Å²) in [5, 5.41) is 2.49. The third-order valence-corrected chi connectivity index (χ3v) is 0.768. The van der Waals surface area contributed by atoms with E-state index >= 15 is 0 Å². The van der Waals surface area contributed by atoms with E-state index in [4.69, 9.17) is 11.6 Å². The molecule has 0 aliphatic heterocycles. The summed E-state index contributed by atoms with van der Waals surface area (Å²) in [6.45, 7) is 3.76. The topological polar surface area (TPSA) is 29.1 Å². The van der Waals surface area contributed by atoms with Crippen LogP contribution in [0.3, 0.4) is 0 Å². The average molecular weight is 134 g/mol. The number of hydrogen-bond donors (Lipinski definition) is 1. The normalized spacial score (nSPS) is 8.12. The predicted octanol–water partition coefficient (Wildman–Crippen LogP) is 0.527. The largest absolute Gasteiger partial charge is 0.351 e. The van der Waals surface area contributed by atoms with Gasteiger partial charge in [0.2, 0.25) is 5.91 Å². The predicted molar refractivity (Wildman–Crippen MR) is 33.9 cm³/mol. The van der Waals surface area contributed by atoms with Gasteiger partial charge in [-0.15, -0.1) is 11.6 Å². The molecule has 0 heterocycles. The van der Waals surface area contributed by atoms with Crippen LogP contribution in [0.15, 0.2) is 12.7 Å². The molecular weight excluding hydrogens is 126 g/mol. The molecule has 0 aliphatic rings. The lowest BCUT2D eigenvalue weighted by Gasteiger charge is -1.93. The molecule has 0 saturated carbocycles. The number of nitrogens with one attached hydrogen (secondary N) is 1. The Morgan fingerprint density at radius 1 is 1.88 bits per heavy atom. The van der Waals surface area contributed by atoms with E-state index in [0.717, 1.165) is 0 Å². The van der Waals surface area contributed by atoms with Crippen LogP contribution in [0, 0.1) is 0 Å². The molecule has 46 valence electrons. The maximum absolute atomic E-state index is 10.3. The van der Waals surface area contributed by atoms with Crippen LogP contribution in [0.1, 0.15) is 0 Å². The molecule has 0 aromatic rings. The van der Waals surface area contributed by atoms with Crippen LogP contribution in [-0.4, -0.2) is 18.3 Å². The lowest BCUT2D eigenvalue weighted by atomic mass is 10.6. The summed E-state index contributed by atoms with van der Waals surface area (Å²) in [4.78, 5) is 10.3. The van der Waals surface area contributed by atoms with E-state index in [1.54, 1.807) is 0 Å².